The highest BCUT2D eigenvalue weighted by molar-refractivity contribution is 7.20. The molecule has 6 nitrogen and oxygen atoms in total. The molecule has 0 atom stereocenters. The Labute approximate surface area is 206 Å². The van der Waals surface area contributed by atoms with Crippen molar-refractivity contribution >= 4 is 39.1 Å². The van der Waals surface area contributed by atoms with Crippen LogP contribution < -0.4 is 11.2 Å². The van der Waals surface area contributed by atoms with E-state index < -0.39 is 28.7 Å². The molecule has 35 heavy (non-hydrogen) atoms. The molecule has 0 aliphatic rings. The van der Waals surface area contributed by atoms with Crippen molar-refractivity contribution < 1.29 is 18.0 Å². The van der Waals surface area contributed by atoms with E-state index in [1.54, 1.807) is 45.3 Å². The number of hydrogen-bond donors (Lipinski definition) is 0. The maximum atomic E-state index is 13.8. The van der Waals surface area contributed by atoms with Crippen LogP contribution in [-0.4, -0.2) is 34.0 Å². The van der Waals surface area contributed by atoms with E-state index in [-0.39, 0.29) is 27.5 Å². The predicted octanol–water partition coefficient (Wildman–Crippen LogP) is 4.94. The van der Waals surface area contributed by atoms with Gasteiger partial charge in [-0.25, -0.2) is 9.36 Å². The number of carbonyl (C=O) groups is 1. The smallest absolute Gasteiger partial charge is 0.344 e. The summed E-state index contributed by atoms with van der Waals surface area (Å²) in [5.74, 6) is -0.382. The minimum atomic E-state index is -4.80. The molecule has 0 radical (unpaired) electrons. The van der Waals surface area contributed by atoms with Gasteiger partial charge in [-0.1, -0.05) is 35.9 Å². The zero-order valence-corrected chi connectivity index (χ0v) is 20.4. The Morgan fingerprint density at radius 3 is 2.40 bits per heavy atom. The van der Waals surface area contributed by atoms with Crippen molar-refractivity contribution in [3.8, 4) is 5.69 Å². The number of benzene rings is 2. The van der Waals surface area contributed by atoms with Gasteiger partial charge in [-0.3, -0.25) is 14.2 Å². The van der Waals surface area contributed by atoms with E-state index in [0.717, 1.165) is 23.5 Å². The lowest BCUT2D eigenvalue weighted by Crippen LogP contribution is -2.39. The third-order valence-corrected chi connectivity index (χ3v) is 7.03. The van der Waals surface area contributed by atoms with Gasteiger partial charge in [0.1, 0.15) is 4.83 Å². The average Bonchev–Trinajstić information content (AvgIpc) is 3.13. The number of rotatable bonds is 4. The number of fused-ring (bicyclic) bond motifs is 1. The number of thiophene rings is 1. The Hall–Kier alpha value is -3.37. The van der Waals surface area contributed by atoms with Gasteiger partial charge < -0.3 is 4.90 Å². The SMILES string of the molecule is Cc1c(C(=O)N(C)C)sc2c1c(=O)n(-c1ccccc1C(F)(F)F)c(=O)n2Cc1cccc(Cl)c1. The van der Waals surface area contributed by atoms with Crippen LogP contribution in [0, 0.1) is 6.92 Å². The summed E-state index contributed by atoms with van der Waals surface area (Å²) in [5, 5.41) is 0.423. The molecule has 0 N–H and O–H groups in total. The number of carbonyl (C=O) groups excluding carboxylic acids is 1. The van der Waals surface area contributed by atoms with E-state index in [1.165, 1.54) is 21.6 Å². The molecule has 2 aromatic carbocycles. The van der Waals surface area contributed by atoms with Gasteiger partial charge >= 0.3 is 11.9 Å². The van der Waals surface area contributed by atoms with Crippen molar-refractivity contribution in [3.05, 3.63) is 96.0 Å². The summed E-state index contributed by atoms with van der Waals surface area (Å²) in [6, 6.07) is 11.0. The minimum absolute atomic E-state index is 0.0128. The highest BCUT2D eigenvalue weighted by atomic mass is 35.5. The number of aromatic nitrogens is 2. The summed E-state index contributed by atoms with van der Waals surface area (Å²) in [7, 11) is 3.09. The second kappa shape index (κ2) is 9.01. The Morgan fingerprint density at radius 1 is 1.09 bits per heavy atom. The molecule has 4 aromatic rings. The van der Waals surface area contributed by atoms with E-state index in [4.69, 9.17) is 11.6 Å². The van der Waals surface area contributed by atoms with E-state index in [1.807, 2.05) is 0 Å². The third kappa shape index (κ3) is 4.39. The largest absolute Gasteiger partial charge is 0.418 e. The Morgan fingerprint density at radius 2 is 1.77 bits per heavy atom. The zero-order valence-electron chi connectivity index (χ0n) is 18.8. The highest BCUT2D eigenvalue weighted by Crippen LogP contribution is 2.34. The second-order valence-corrected chi connectivity index (χ2v) is 9.53. The molecule has 4 rings (SSSR count). The van der Waals surface area contributed by atoms with Crippen molar-refractivity contribution in [3.63, 3.8) is 0 Å². The molecule has 0 fully saturated rings. The van der Waals surface area contributed by atoms with Crippen molar-refractivity contribution in [2.24, 2.45) is 0 Å². The van der Waals surface area contributed by atoms with Crippen LogP contribution in [0.1, 0.15) is 26.4 Å². The maximum Gasteiger partial charge on any atom is 0.418 e. The van der Waals surface area contributed by atoms with Crippen LogP contribution in [0.25, 0.3) is 15.9 Å². The number of amides is 1. The summed E-state index contributed by atoms with van der Waals surface area (Å²) in [4.78, 5) is 41.7. The van der Waals surface area contributed by atoms with Gasteiger partial charge in [0.05, 0.1) is 28.1 Å². The van der Waals surface area contributed by atoms with E-state index in [2.05, 4.69) is 0 Å². The maximum absolute atomic E-state index is 13.8. The molecular weight excluding hydrogens is 503 g/mol. The quantitative estimate of drug-likeness (QED) is 0.382. The van der Waals surface area contributed by atoms with Crippen LogP contribution in [0.3, 0.4) is 0 Å². The Balaban J connectivity index is 2.14. The minimum Gasteiger partial charge on any atom is -0.344 e. The van der Waals surface area contributed by atoms with Crippen molar-refractivity contribution in [2.45, 2.75) is 19.6 Å². The summed E-state index contributed by atoms with van der Waals surface area (Å²) in [6.45, 7) is 1.48. The van der Waals surface area contributed by atoms with Crippen LogP contribution in [0.4, 0.5) is 13.2 Å². The number of halogens is 4. The van der Waals surface area contributed by atoms with Gasteiger partial charge in [-0.05, 0) is 42.3 Å². The van der Waals surface area contributed by atoms with Crippen LogP contribution >= 0.6 is 22.9 Å². The molecule has 1 amide bonds. The molecule has 0 bridgehead atoms. The summed E-state index contributed by atoms with van der Waals surface area (Å²) < 4.78 is 43.1. The lowest BCUT2D eigenvalue weighted by Gasteiger charge is -2.16. The first-order valence-electron chi connectivity index (χ1n) is 10.3. The summed E-state index contributed by atoms with van der Waals surface area (Å²) in [5.41, 5.74) is -2.68. The highest BCUT2D eigenvalue weighted by Gasteiger charge is 2.35. The normalized spacial score (nSPS) is 11.7. The van der Waals surface area contributed by atoms with Crippen LogP contribution in [0.5, 0.6) is 0 Å². The van der Waals surface area contributed by atoms with Gasteiger partial charge in [0.2, 0.25) is 0 Å². The molecule has 0 aliphatic carbocycles. The predicted molar refractivity (Wildman–Crippen MR) is 130 cm³/mol. The van der Waals surface area contributed by atoms with Gasteiger partial charge in [-0.15, -0.1) is 11.3 Å². The topological polar surface area (TPSA) is 64.3 Å². The molecular formula is C24H19ClF3N3O3S. The Bertz CT molecular complexity index is 1590. The second-order valence-electron chi connectivity index (χ2n) is 8.09. The fourth-order valence-corrected chi connectivity index (χ4v) is 5.36. The van der Waals surface area contributed by atoms with E-state index in [0.29, 0.717) is 20.7 Å². The summed E-state index contributed by atoms with van der Waals surface area (Å²) in [6.07, 6.45) is -4.80. The number of aryl methyl sites for hydroxylation is 1. The van der Waals surface area contributed by atoms with Gasteiger partial charge in [0.15, 0.2) is 0 Å². The number of alkyl halides is 3. The molecule has 182 valence electrons. The molecule has 2 aromatic heterocycles. The van der Waals surface area contributed by atoms with Crippen molar-refractivity contribution in [2.75, 3.05) is 14.1 Å². The number of nitrogens with zero attached hydrogens (tertiary/aromatic N) is 3. The molecule has 0 saturated carbocycles. The van der Waals surface area contributed by atoms with E-state index >= 15 is 0 Å². The number of hydrogen-bond acceptors (Lipinski definition) is 4. The molecule has 0 saturated heterocycles. The lowest BCUT2D eigenvalue weighted by atomic mass is 10.1. The fraction of sp³-hybridized carbons (Fsp3) is 0.208. The standard InChI is InChI=1S/C24H19ClF3N3O3S/c1-13-18-20(32)31(17-10-5-4-9-16(17)24(26,27)28)23(34)30(12-14-7-6-8-15(25)11-14)22(18)35-19(13)21(33)29(2)3/h4-11H,12H2,1-3H3. The molecule has 0 spiro atoms. The van der Waals surface area contributed by atoms with Crippen LogP contribution in [-0.2, 0) is 12.7 Å². The Kier molecular flexibility index (Phi) is 6.37. The first kappa shape index (κ1) is 24.7. The number of para-hydroxylation sites is 1. The lowest BCUT2D eigenvalue weighted by molar-refractivity contribution is -0.137. The van der Waals surface area contributed by atoms with Gasteiger partial charge in [0, 0.05) is 19.1 Å². The van der Waals surface area contributed by atoms with Gasteiger partial charge in [-0.2, -0.15) is 13.2 Å². The van der Waals surface area contributed by atoms with Gasteiger partial charge in [0.25, 0.3) is 11.5 Å². The van der Waals surface area contributed by atoms with Crippen molar-refractivity contribution in [1.82, 2.24) is 14.0 Å². The van der Waals surface area contributed by atoms with Crippen LogP contribution in [0.2, 0.25) is 5.02 Å². The van der Waals surface area contributed by atoms with E-state index in [9.17, 15) is 27.6 Å². The molecule has 0 aliphatic heterocycles. The van der Waals surface area contributed by atoms with Crippen molar-refractivity contribution in [1.29, 1.82) is 0 Å². The first-order chi connectivity index (χ1) is 16.4. The van der Waals surface area contributed by atoms with Crippen LogP contribution in [0.15, 0.2) is 58.1 Å². The fourth-order valence-electron chi connectivity index (χ4n) is 3.83. The molecule has 0 unspecified atom stereocenters. The summed E-state index contributed by atoms with van der Waals surface area (Å²) >= 11 is 7.04. The zero-order chi connectivity index (χ0) is 25.7. The third-order valence-electron chi connectivity index (χ3n) is 5.49. The molecule has 11 heteroatoms. The monoisotopic (exact) mass is 521 g/mol. The first-order valence-corrected chi connectivity index (χ1v) is 11.5. The molecule has 2 heterocycles. The average molecular weight is 522 g/mol.